The molecule has 0 bridgehead atoms. The quantitative estimate of drug-likeness (QED) is 0.518. The molecule has 1 aliphatic carbocycles. The molecule has 0 spiro atoms. The third-order valence-corrected chi connectivity index (χ3v) is 4.28. The van der Waals surface area contributed by atoms with E-state index in [0.29, 0.717) is 24.2 Å². The van der Waals surface area contributed by atoms with Crippen LogP contribution in [0.25, 0.3) is 0 Å². The number of hydrogen-bond donors (Lipinski definition) is 1. The van der Waals surface area contributed by atoms with E-state index in [2.05, 4.69) is 15.0 Å². The van der Waals surface area contributed by atoms with Crippen molar-refractivity contribution in [1.82, 2.24) is 4.98 Å². The van der Waals surface area contributed by atoms with Crippen LogP contribution in [0.1, 0.15) is 34.7 Å². The zero-order valence-corrected chi connectivity index (χ0v) is 14.3. The predicted molar refractivity (Wildman–Crippen MR) is 95.7 cm³/mol. The van der Waals surface area contributed by atoms with Crippen LogP contribution < -0.4 is 5.32 Å². The van der Waals surface area contributed by atoms with Gasteiger partial charge < -0.3 is 10.1 Å². The van der Waals surface area contributed by atoms with Gasteiger partial charge in [-0.3, -0.25) is 9.59 Å². The smallest absolute Gasteiger partial charge is 0.339 e. The van der Waals surface area contributed by atoms with Gasteiger partial charge in [-0.15, -0.1) is 0 Å². The molecule has 0 radical (unpaired) electrons. The van der Waals surface area contributed by atoms with Gasteiger partial charge in [-0.25, -0.2) is 9.78 Å². The number of carbonyl (C=O) groups is 3. The maximum absolute atomic E-state index is 12.4. The minimum absolute atomic E-state index is 0.0779. The van der Waals surface area contributed by atoms with Gasteiger partial charge in [0.15, 0.2) is 11.6 Å². The summed E-state index contributed by atoms with van der Waals surface area (Å²) >= 11 is 0. The van der Waals surface area contributed by atoms with E-state index in [1.54, 1.807) is 12.1 Å². The second-order valence-corrected chi connectivity index (χ2v) is 5.99. The number of pyridine rings is 1. The molecule has 1 heterocycles. The van der Waals surface area contributed by atoms with Crippen LogP contribution in [0, 0.1) is 0 Å². The number of rotatable bonds is 4. The summed E-state index contributed by atoms with van der Waals surface area (Å²) in [4.78, 5) is 40.2. The van der Waals surface area contributed by atoms with Crippen molar-refractivity contribution in [3.05, 3.63) is 71.6 Å². The van der Waals surface area contributed by atoms with Gasteiger partial charge >= 0.3 is 5.97 Å². The molecule has 0 atom stereocenters. The molecule has 1 fully saturated rings. The maximum atomic E-state index is 12.4. The lowest BCUT2D eigenvalue weighted by molar-refractivity contribution is -0.124. The van der Waals surface area contributed by atoms with Crippen LogP contribution >= 0.6 is 0 Å². The third kappa shape index (κ3) is 3.85. The van der Waals surface area contributed by atoms with Gasteiger partial charge in [0.2, 0.25) is 0 Å². The molecular formula is C20H18N2O4. The van der Waals surface area contributed by atoms with E-state index in [4.69, 9.17) is 0 Å². The summed E-state index contributed by atoms with van der Waals surface area (Å²) in [7, 11) is 1.29. The third-order valence-electron chi connectivity index (χ3n) is 4.28. The number of esters is 1. The number of ketones is 2. The monoisotopic (exact) mass is 350 g/mol. The van der Waals surface area contributed by atoms with Crippen LogP contribution in [0.5, 0.6) is 0 Å². The fourth-order valence-corrected chi connectivity index (χ4v) is 2.88. The van der Waals surface area contributed by atoms with E-state index < -0.39 is 5.97 Å². The Morgan fingerprint density at radius 3 is 2.38 bits per heavy atom. The molecule has 132 valence electrons. The summed E-state index contributed by atoms with van der Waals surface area (Å²) < 4.78 is 4.61. The summed E-state index contributed by atoms with van der Waals surface area (Å²) in [5.74, 6) is -0.503. The number of anilines is 1. The number of ether oxygens (including phenoxy) is 1. The summed E-state index contributed by atoms with van der Waals surface area (Å²) in [5, 5.41) is 2.85. The molecule has 0 amide bonds. The molecule has 6 nitrogen and oxygen atoms in total. The molecule has 3 rings (SSSR count). The first-order chi connectivity index (χ1) is 12.6. The molecule has 1 saturated carbocycles. The van der Waals surface area contributed by atoms with Crippen LogP contribution in [0.3, 0.4) is 0 Å². The number of methoxy groups -OCH3 is 1. The number of Topliss-reactive ketones (excluding diaryl/α,β-unsaturated/α-hetero) is 2. The molecule has 26 heavy (non-hydrogen) atoms. The summed E-state index contributed by atoms with van der Waals surface area (Å²) in [5.41, 5.74) is 1.47. The lowest BCUT2D eigenvalue weighted by Crippen LogP contribution is -2.25. The lowest BCUT2D eigenvalue weighted by atomic mass is 9.80. The zero-order chi connectivity index (χ0) is 18.5. The minimum atomic E-state index is -0.480. The van der Waals surface area contributed by atoms with Crippen molar-refractivity contribution in [1.29, 1.82) is 0 Å². The van der Waals surface area contributed by atoms with Gasteiger partial charge in [-0.05, 0) is 23.6 Å². The van der Waals surface area contributed by atoms with Crippen molar-refractivity contribution in [3.8, 4) is 0 Å². The number of carbonyl (C=O) groups excluding carboxylic acids is 3. The van der Waals surface area contributed by atoms with E-state index in [1.165, 1.54) is 19.5 Å². The van der Waals surface area contributed by atoms with Crippen molar-refractivity contribution in [2.24, 2.45) is 0 Å². The first-order valence-corrected chi connectivity index (χ1v) is 8.21. The first-order valence-electron chi connectivity index (χ1n) is 8.21. The van der Waals surface area contributed by atoms with Crippen LogP contribution in [0.15, 0.2) is 60.4 Å². The zero-order valence-electron chi connectivity index (χ0n) is 14.3. The summed E-state index contributed by atoms with van der Waals surface area (Å²) in [6, 6.07) is 12.7. The van der Waals surface area contributed by atoms with Gasteiger partial charge in [0.1, 0.15) is 5.82 Å². The van der Waals surface area contributed by atoms with E-state index in [1.807, 2.05) is 30.3 Å². The molecule has 6 heteroatoms. The van der Waals surface area contributed by atoms with Crippen LogP contribution in [0.4, 0.5) is 5.82 Å². The van der Waals surface area contributed by atoms with Crippen molar-refractivity contribution < 1.29 is 19.1 Å². The fourth-order valence-electron chi connectivity index (χ4n) is 2.88. The summed E-state index contributed by atoms with van der Waals surface area (Å²) in [6.07, 6.45) is 3.37. The topological polar surface area (TPSA) is 85.4 Å². The molecule has 1 N–H and O–H groups in total. The molecule has 0 saturated heterocycles. The highest BCUT2D eigenvalue weighted by molar-refractivity contribution is 6.22. The maximum Gasteiger partial charge on any atom is 0.339 e. The van der Waals surface area contributed by atoms with E-state index in [-0.39, 0.29) is 23.1 Å². The Hall–Kier alpha value is -3.28. The number of aromatic nitrogens is 1. The second kappa shape index (κ2) is 7.74. The normalized spacial score (nSPS) is 17.0. The Bertz CT molecular complexity index is 837. The Morgan fingerprint density at radius 1 is 1.12 bits per heavy atom. The van der Waals surface area contributed by atoms with E-state index in [0.717, 1.165) is 5.56 Å². The molecule has 1 aromatic carbocycles. The van der Waals surface area contributed by atoms with Gasteiger partial charge in [0.25, 0.3) is 0 Å². The Kier molecular flexibility index (Phi) is 5.22. The van der Waals surface area contributed by atoms with Crippen molar-refractivity contribution in [2.75, 3.05) is 12.4 Å². The lowest BCUT2D eigenvalue weighted by Gasteiger charge is -2.22. The first kappa shape index (κ1) is 17.5. The number of nitrogens with zero attached hydrogens (tertiary/aromatic N) is 1. The largest absolute Gasteiger partial charge is 0.465 e. The van der Waals surface area contributed by atoms with Crippen LogP contribution in [-0.4, -0.2) is 29.6 Å². The Morgan fingerprint density at radius 2 is 1.81 bits per heavy atom. The Labute approximate surface area is 150 Å². The molecule has 1 aromatic heterocycles. The standard InChI is InChI=1S/C20H18N2O4/c1-26-20(25)14-7-8-19(21-11-14)22-12-16-17(23)9-15(10-18(16)24)13-5-3-2-4-6-13/h2-8,11-12,15H,9-10H2,1H3,(H,21,22). The highest BCUT2D eigenvalue weighted by atomic mass is 16.5. The average molecular weight is 350 g/mol. The molecule has 0 aliphatic heterocycles. The molecule has 2 aromatic rings. The molecular weight excluding hydrogens is 332 g/mol. The van der Waals surface area contributed by atoms with Crippen molar-refractivity contribution >= 4 is 23.4 Å². The van der Waals surface area contributed by atoms with Crippen molar-refractivity contribution in [2.45, 2.75) is 18.8 Å². The molecule has 1 aliphatic rings. The average Bonchev–Trinajstić information content (AvgIpc) is 2.67. The van der Waals surface area contributed by atoms with E-state index >= 15 is 0 Å². The summed E-state index contributed by atoms with van der Waals surface area (Å²) in [6.45, 7) is 0. The van der Waals surface area contributed by atoms with Gasteiger partial charge in [0, 0.05) is 25.2 Å². The number of nitrogens with one attached hydrogen (secondary N) is 1. The Balaban J connectivity index is 1.69. The van der Waals surface area contributed by atoms with Crippen molar-refractivity contribution in [3.63, 3.8) is 0 Å². The van der Waals surface area contributed by atoms with Gasteiger partial charge in [0.05, 0.1) is 18.2 Å². The predicted octanol–water partition coefficient (Wildman–Crippen LogP) is 2.88. The highest BCUT2D eigenvalue weighted by Gasteiger charge is 2.31. The van der Waals surface area contributed by atoms with Crippen LogP contribution in [0.2, 0.25) is 0 Å². The van der Waals surface area contributed by atoms with E-state index in [9.17, 15) is 14.4 Å². The minimum Gasteiger partial charge on any atom is -0.465 e. The SMILES string of the molecule is COC(=O)c1ccc(NC=C2C(=O)CC(c3ccccc3)CC2=O)nc1. The van der Waals surface area contributed by atoms with Gasteiger partial charge in [-0.1, -0.05) is 30.3 Å². The molecule has 0 unspecified atom stereocenters. The highest BCUT2D eigenvalue weighted by Crippen LogP contribution is 2.31. The number of hydrogen-bond acceptors (Lipinski definition) is 6. The number of benzene rings is 1. The second-order valence-electron chi connectivity index (χ2n) is 5.99. The number of allylic oxidation sites excluding steroid dienone is 1. The van der Waals surface area contributed by atoms with Gasteiger partial charge in [-0.2, -0.15) is 0 Å². The van der Waals surface area contributed by atoms with Crippen LogP contribution in [-0.2, 0) is 14.3 Å². The fraction of sp³-hybridized carbons (Fsp3) is 0.200.